The third-order valence-electron chi connectivity index (χ3n) is 1.62. The molecule has 1 N–H and O–H groups in total. The van der Waals surface area contributed by atoms with Crippen LogP contribution in [0, 0.1) is 10.2 Å². The fraction of sp³-hybridized carbons (Fsp3) is 1.00. The second-order valence-electron chi connectivity index (χ2n) is 3.24. The molecule has 0 saturated carbocycles. The van der Waals surface area contributed by atoms with Crippen molar-refractivity contribution in [3.63, 3.8) is 0 Å². The van der Waals surface area contributed by atoms with E-state index in [4.69, 9.17) is 18.6 Å². The molecular weight excluding hydrogens is 222 g/mol. The highest BCUT2D eigenvalue weighted by Gasteiger charge is 1.99. The van der Waals surface area contributed by atoms with Crippen LogP contribution in [0.2, 0.25) is 0 Å². The fourth-order valence-corrected chi connectivity index (χ4v) is 1.28. The Morgan fingerprint density at radius 2 is 1.07 bits per heavy atom. The van der Waals surface area contributed by atoms with Crippen molar-refractivity contribution in [1.82, 2.24) is 4.90 Å². The lowest BCUT2D eigenvalue weighted by molar-refractivity contribution is -1.92. The van der Waals surface area contributed by atoms with E-state index in [9.17, 15) is 0 Å². The van der Waals surface area contributed by atoms with Crippen molar-refractivity contribution in [2.45, 2.75) is 40.0 Å². The summed E-state index contributed by atoms with van der Waals surface area (Å²) in [5.41, 5.74) is 0. The summed E-state index contributed by atoms with van der Waals surface area (Å²) in [6.07, 6.45) is 3.88. The van der Waals surface area contributed by atoms with E-state index in [2.05, 4.69) is 25.7 Å². The van der Waals surface area contributed by atoms with Crippen molar-refractivity contribution in [2.24, 2.45) is 0 Å². The quantitative estimate of drug-likeness (QED) is 0.606. The van der Waals surface area contributed by atoms with Gasteiger partial charge in [-0.25, -0.2) is 0 Å². The Morgan fingerprint density at radius 3 is 1.20 bits per heavy atom. The van der Waals surface area contributed by atoms with Gasteiger partial charge in [-0.15, -0.1) is 0 Å². The van der Waals surface area contributed by atoms with Gasteiger partial charge in [0, 0.05) is 0 Å². The Morgan fingerprint density at radius 1 is 0.867 bits per heavy atom. The Kier molecular flexibility index (Phi) is 12.4. The Bertz CT molecular complexity index is 110. The molecule has 5 nitrogen and oxygen atoms in total. The van der Waals surface area contributed by atoms with E-state index in [1.807, 2.05) is 0 Å². The van der Waals surface area contributed by atoms with Gasteiger partial charge in [0.1, 0.15) is 0 Å². The highest BCUT2D eigenvalue weighted by Crippen LogP contribution is 1.94. The van der Waals surface area contributed by atoms with E-state index in [0.29, 0.717) is 0 Å². The molecule has 0 bridgehead atoms. The van der Waals surface area contributed by atoms with Crippen LogP contribution in [0.4, 0.5) is 0 Å². The molecule has 0 rings (SSSR count). The van der Waals surface area contributed by atoms with Gasteiger partial charge in [0.2, 0.25) is 0 Å². The van der Waals surface area contributed by atoms with Crippen LogP contribution in [-0.2, 0) is 0 Å². The zero-order valence-corrected chi connectivity index (χ0v) is 10.5. The fourth-order valence-electron chi connectivity index (χ4n) is 1.28. The van der Waals surface area contributed by atoms with Gasteiger partial charge >= 0.3 is 0 Å². The maximum atomic E-state index is 8.60. The first kappa shape index (κ1) is 17.5. The van der Waals surface area contributed by atoms with Crippen LogP contribution in [0.1, 0.15) is 40.0 Å². The maximum Gasteiger partial charge on any atom is 0.0777 e. The summed E-state index contributed by atoms with van der Waals surface area (Å²) < 4.78 is 32.7. The first-order valence-corrected chi connectivity index (χ1v) is 6.47. The molecule has 0 fully saturated rings. The van der Waals surface area contributed by atoms with Gasteiger partial charge in [0.25, 0.3) is 0 Å². The topological polar surface area (TPSA) is 92.7 Å². The molecule has 0 saturated heterocycles. The van der Waals surface area contributed by atoms with Crippen LogP contribution in [0.5, 0.6) is 0 Å². The van der Waals surface area contributed by atoms with Crippen molar-refractivity contribution in [3.05, 3.63) is 0 Å². The highest BCUT2D eigenvalue weighted by molar-refractivity contribution is 4.53. The van der Waals surface area contributed by atoms with Crippen LogP contribution < -0.4 is 14.0 Å². The summed E-state index contributed by atoms with van der Waals surface area (Å²) in [5.74, 6) is 0. The summed E-state index contributed by atoms with van der Waals surface area (Å²) in [7, 11) is -4.69. The average molecular weight is 244 g/mol. The SMILES string of the molecule is CCCN(CCC)CCC.[O-][Cl+3]([O-])([O-])O. The normalized spacial score (nSPS) is 11.2. The molecule has 0 aromatic heterocycles. The van der Waals surface area contributed by atoms with E-state index < -0.39 is 10.2 Å². The van der Waals surface area contributed by atoms with Gasteiger partial charge in [-0.1, -0.05) is 20.8 Å². The first-order valence-electron chi connectivity index (χ1n) is 5.20. The van der Waals surface area contributed by atoms with E-state index in [-0.39, 0.29) is 0 Å². The molecular formula is C9H22ClNO4. The summed E-state index contributed by atoms with van der Waals surface area (Å²) >= 11 is 0. The zero-order chi connectivity index (χ0) is 12.3. The molecule has 0 aromatic rings. The second-order valence-corrected chi connectivity index (χ2v) is 4.03. The third-order valence-corrected chi connectivity index (χ3v) is 1.62. The lowest BCUT2D eigenvalue weighted by Crippen LogP contribution is -2.58. The zero-order valence-electron chi connectivity index (χ0n) is 9.74. The third kappa shape index (κ3) is 24.9. The van der Waals surface area contributed by atoms with Gasteiger partial charge in [-0.2, -0.15) is 14.0 Å². The predicted octanol–water partition coefficient (Wildman–Crippen LogP) is -1.61. The largest absolute Gasteiger partial charge is 0.303 e. The minimum atomic E-state index is -4.69. The summed E-state index contributed by atoms with van der Waals surface area (Å²) in [6.45, 7) is 10.6. The van der Waals surface area contributed by atoms with Crippen molar-refractivity contribution >= 4 is 0 Å². The van der Waals surface area contributed by atoms with Gasteiger partial charge in [0.05, 0.1) is 14.9 Å². The average Bonchev–Trinajstić information content (AvgIpc) is 2.02. The Hall–Kier alpha value is 0.0900. The van der Waals surface area contributed by atoms with Crippen molar-refractivity contribution < 1.29 is 28.9 Å². The van der Waals surface area contributed by atoms with Crippen LogP contribution >= 0.6 is 0 Å². The lowest BCUT2D eigenvalue weighted by atomic mass is 10.3. The van der Waals surface area contributed by atoms with Crippen LogP contribution in [0.25, 0.3) is 0 Å². The summed E-state index contributed by atoms with van der Waals surface area (Å²) in [5, 5.41) is 0. The van der Waals surface area contributed by atoms with Crippen LogP contribution in [-0.4, -0.2) is 29.2 Å². The Balaban J connectivity index is 0. The second kappa shape index (κ2) is 10.6. The molecule has 15 heavy (non-hydrogen) atoms. The molecule has 0 unspecified atom stereocenters. The molecule has 0 spiro atoms. The van der Waals surface area contributed by atoms with Crippen LogP contribution in [0.15, 0.2) is 0 Å². The molecule has 0 aromatic carbocycles. The van der Waals surface area contributed by atoms with E-state index in [1.165, 1.54) is 38.9 Å². The Labute approximate surface area is 94.1 Å². The van der Waals surface area contributed by atoms with Gasteiger partial charge < -0.3 is 4.90 Å². The van der Waals surface area contributed by atoms with Crippen molar-refractivity contribution in [1.29, 1.82) is 0 Å². The van der Waals surface area contributed by atoms with Gasteiger partial charge in [-0.3, -0.25) is 0 Å². The number of halogens is 1. The summed E-state index contributed by atoms with van der Waals surface area (Å²) in [6, 6.07) is 0. The highest BCUT2D eigenvalue weighted by atomic mass is 35.7. The molecule has 0 aliphatic heterocycles. The van der Waals surface area contributed by atoms with Gasteiger partial charge in [-0.05, 0) is 38.9 Å². The van der Waals surface area contributed by atoms with Gasteiger partial charge in [0.15, 0.2) is 0 Å². The smallest absolute Gasteiger partial charge is 0.0777 e. The van der Waals surface area contributed by atoms with Crippen molar-refractivity contribution in [3.8, 4) is 0 Å². The number of nitrogens with zero attached hydrogens (tertiary/aromatic N) is 1. The van der Waals surface area contributed by atoms with E-state index >= 15 is 0 Å². The number of hydrogen-bond donors (Lipinski definition) is 1. The van der Waals surface area contributed by atoms with Crippen LogP contribution in [0.3, 0.4) is 0 Å². The molecule has 94 valence electrons. The first-order chi connectivity index (χ1) is 6.85. The monoisotopic (exact) mass is 243 g/mol. The van der Waals surface area contributed by atoms with Crippen molar-refractivity contribution in [2.75, 3.05) is 19.6 Å². The summed E-state index contributed by atoms with van der Waals surface area (Å²) in [4.78, 5) is 2.54. The molecule has 0 aliphatic carbocycles. The molecule has 6 heteroatoms. The standard InChI is InChI=1S/C9H21N.ClHO4/c1-4-7-10(8-5-2)9-6-3;2-1(3,4)5/h4-9H2,1-3H3;(H,2,3,4,5). The van der Waals surface area contributed by atoms with E-state index in [1.54, 1.807) is 0 Å². The molecule has 0 atom stereocenters. The minimum Gasteiger partial charge on any atom is -0.303 e. The lowest BCUT2D eigenvalue weighted by Gasteiger charge is -2.19. The minimum absolute atomic E-state index is 1.28. The molecule has 0 radical (unpaired) electrons. The molecule has 0 heterocycles. The molecule has 0 amide bonds. The maximum absolute atomic E-state index is 8.60. The number of hydrogen-bond acceptors (Lipinski definition) is 5. The molecule has 0 aliphatic rings. The number of rotatable bonds is 6. The predicted molar refractivity (Wildman–Crippen MR) is 49.5 cm³/mol. The van der Waals surface area contributed by atoms with E-state index in [0.717, 1.165) is 0 Å².